The van der Waals surface area contributed by atoms with E-state index >= 15 is 0 Å². The van der Waals surface area contributed by atoms with E-state index < -0.39 is 0 Å². The van der Waals surface area contributed by atoms with Crippen LogP contribution in [0.2, 0.25) is 0 Å². The Morgan fingerprint density at radius 1 is 1.39 bits per heavy atom. The lowest BCUT2D eigenvalue weighted by Gasteiger charge is -2.27. The molecule has 0 radical (unpaired) electrons. The van der Waals surface area contributed by atoms with Crippen molar-refractivity contribution in [3.63, 3.8) is 0 Å². The number of benzene rings is 1. The molecule has 2 atom stereocenters. The van der Waals surface area contributed by atoms with Crippen molar-refractivity contribution < 1.29 is 9.13 Å². The molecule has 0 aliphatic carbocycles. The summed E-state index contributed by atoms with van der Waals surface area (Å²) in [6.07, 6.45) is 1.91. The topological polar surface area (TPSA) is 21.3 Å². The summed E-state index contributed by atoms with van der Waals surface area (Å²) in [6.45, 7) is 4.71. The van der Waals surface area contributed by atoms with Crippen LogP contribution in [0.25, 0.3) is 0 Å². The van der Waals surface area contributed by atoms with E-state index in [2.05, 4.69) is 28.2 Å². The summed E-state index contributed by atoms with van der Waals surface area (Å²) in [5.74, 6) is -0.196. The second kappa shape index (κ2) is 7.87. The first-order chi connectivity index (χ1) is 8.63. The van der Waals surface area contributed by atoms with Gasteiger partial charge in [-0.05, 0) is 38.6 Å². The molecule has 0 fully saturated rings. The highest BCUT2D eigenvalue weighted by Gasteiger charge is 2.24. The minimum Gasteiger partial charge on any atom is -0.377 e. The molecule has 0 aliphatic rings. The Morgan fingerprint density at radius 3 is 2.67 bits per heavy atom. The van der Waals surface area contributed by atoms with Gasteiger partial charge in [-0.3, -0.25) is 0 Å². The summed E-state index contributed by atoms with van der Waals surface area (Å²) < 4.78 is 20.6. The standard InChI is InChI=1S/C14H21BrFNO/c1-4-6-13(18-5-2)14(17-3)11-9-10(15)7-8-12(11)16/h7-9,13-14,17H,4-6H2,1-3H3. The molecule has 0 aromatic heterocycles. The maximum atomic E-state index is 13.9. The fourth-order valence-corrected chi connectivity index (χ4v) is 2.52. The van der Waals surface area contributed by atoms with Crippen molar-refractivity contribution in [1.29, 1.82) is 0 Å². The summed E-state index contributed by atoms with van der Waals surface area (Å²) in [5, 5.41) is 3.17. The van der Waals surface area contributed by atoms with Gasteiger partial charge in [0.15, 0.2) is 0 Å². The van der Waals surface area contributed by atoms with E-state index in [1.54, 1.807) is 6.07 Å². The number of ether oxygens (including phenoxy) is 1. The van der Waals surface area contributed by atoms with Crippen molar-refractivity contribution in [3.05, 3.63) is 34.1 Å². The molecule has 1 aromatic rings. The van der Waals surface area contributed by atoms with Crippen LogP contribution in [-0.2, 0) is 4.74 Å². The van der Waals surface area contributed by atoms with Crippen LogP contribution >= 0.6 is 15.9 Å². The van der Waals surface area contributed by atoms with E-state index in [1.165, 1.54) is 6.07 Å². The first kappa shape index (κ1) is 15.6. The second-order valence-electron chi connectivity index (χ2n) is 4.21. The van der Waals surface area contributed by atoms with Crippen LogP contribution in [0.5, 0.6) is 0 Å². The number of likely N-dealkylation sites (N-methyl/N-ethyl adjacent to an activating group) is 1. The van der Waals surface area contributed by atoms with Crippen LogP contribution in [0.3, 0.4) is 0 Å². The lowest BCUT2D eigenvalue weighted by molar-refractivity contribution is 0.0286. The molecule has 0 heterocycles. The number of hydrogen-bond acceptors (Lipinski definition) is 2. The summed E-state index contributed by atoms with van der Waals surface area (Å²) in [5.41, 5.74) is 0.652. The van der Waals surface area contributed by atoms with Gasteiger partial charge in [0.25, 0.3) is 0 Å². The summed E-state index contributed by atoms with van der Waals surface area (Å²) >= 11 is 3.39. The van der Waals surface area contributed by atoms with E-state index in [0.29, 0.717) is 12.2 Å². The zero-order valence-corrected chi connectivity index (χ0v) is 12.8. The fraction of sp³-hybridized carbons (Fsp3) is 0.571. The average molecular weight is 318 g/mol. The van der Waals surface area contributed by atoms with Crippen molar-refractivity contribution in [1.82, 2.24) is 5.32 Å². The van der Waals surface area contributed by atoms with Crippen LogP contribution in [0, 0.1) is 5.82 Å². The smallest absolute Gasteiger partial charge is 0.128 e. The number of rotatable bonds is 7. The lowest BCUT2D eigenvalue weighted by atomic mass is 9.97. The Kier molecular flexibility index (Phi) is 6.82. The second-order valence-corrected chi connectivity index (χ2v) is 5.13. The molecule has 2 nitrogen and oxygen atoms in total. The quantitative estimate of drug-likeness (QED) is 0.819. The number of nitrogens with one attached hydrogen (secondary N) is 1. The van der Waals surface area contributed by atoms with Gasteiger partial charge in [0, 0.05) is 16.6 Å². The van der Waals surface area contributed by atoms with Gasteiger partial charge in [-0.2, -0.15) is 0 Å². The first-order valence-corrected chi connectivity index (χ1v) is 7.17. The van der Waals surface area contributed by atoms with Crippen molar-refractivity contribution in [2.45, 2.75) is 38.8 Å². The SMILES string of the molecule is CCCC(OCC)C(NC)c1cc(Br)ccc1F. The first-order valence-electron chi connectivity index (χ1n) is 6.37. The maximum Gasteiger partial charge on any atom is 0.128 e. The number of halogens is 2. The predicted octanol–water partition coefficient (Wildman–Crippen LogP) is 4.05. The van der Waals surface area contributed by atoms with E-state index in [4.69, 9.17) is 4.74 Å². The van der Waals surface area contributed by atoms with Crippen molar-refractivity contribution in [3.8, 4) is 0 Å². The van der Waals surface area contributed by atoms with Gasteiger partial charge < -0.3 is 10.1 Å². The third-order valence-electron chi connectivity index (χ3n) is 2.93. The molecule has 0 saturated heterocycles. The van der Waals surface area contributed by atoms with E-state index in [0.717, 1.165) is 17.3 Å². The van der Waals surface area contributed by atoms with Crippen LogP contribution < -0.4 is 5.32 Å². The lowest BCUT2D eigenvalue weighted by Crippen LogP contribution is -2.32. The van der Waals surface area contributed by atoms with Crippen LogP contribution in [0.15, 0.2) is 22.7 Å². The van der Waals surface area contributed by atoms with Gasteiger partial charge in [-0.1, -0.05) is 29.3 Å². The Bertz CT molecular complexity index is 367. The van der Waals surface area contributed by atoms with Gasteiger partial charge in [0.2, 0.25) is 0 Å². The van der Waals surface area contributed by atoms with E-state index in [1.807, 2.05) is 20.0 Å². The molecular weight excluding hydrogens is 297 g/mol. The molecular formula is C14H21BrFNO. The van der Waals surface area contributed by atoms with Crippen molar-refractivity contribution in [2.24, 2.45) is 0 Å². The Hall–Kier alpha value is -0.450. The molecule has 0 bridgehead atoms. The normalized spacial score (nSPS) is 14.5. The highest BCUT2D eigenvalue weighted by Crippen LogP contribution is 2.27. The van der Waals surface area contributed by atoms with Crippen molar-refractivity contribution in [2.75, 3.05) is 13.7 Å². The van der Waals surface area contributed by atoms with Gasteiger partial charge in [-0.15, -0.1) is 0 Å². The molecule has 102 valence electrons. The molecule has 0 spiro atoms. The largest absolute Gasteiger partial charge is 0.377 e. The number of hydrogen-bond donors (Lipinski definition) is 1. The zero-order chi connectivity index (χ0) is 13.5. The van der Waals surface area contributed by atoms with Crippen LogP contribution in [0.1, 0.15) is 38.3 Å². The third-order valence-corrected chi connectivity index (χ3v) is 3.42. The average Bonchev–Trinajstić information content (AvgIpc) is 2.35. The van der Waals surface area contributed by atoms with E-state index in [9.17, 15) is 4.39 Å². The van der Waals surface area contributed by atoms with Gasteiger partial charge in [-0.25, -0.2) is 4.39 Å². The molecule has 18 heavy (non-hydrogen) atoms. The maximum absolute atomic E-state index is 13.9. The minimum absolute atomic E-state index is 0.00574. The fourth-order valence-electron chi connectivity index (χ4n) is 2.14. The van der Waals surface area contributed by atoms with Gasteiger partial charge in [0.05, 0.1) is 12.1 Å². The molecule has 0 aliphatic heterocycles. The molecule has 1 N–H and O–H groups in total. The summed E-state index contributed by atoms with van der Waals surface area (Å²) in [6, 6.07) is 4.89. The minimum atomic E-state index is -0.196. The van der Waals surface area contributed by atoms with E-state index in [-0.39, 0.29) is 18.0 Å². The highest BCUT2D eigenvalue weighted by atomic mass is 79.9. The Labute approximate surface area is 117 Å². The predicted molar refractivity (Wildman–Crippen MR) is 76.2 cm³/mol. The molecule has 1 rings (SSSR count). The molecule has 0 saturated carbocycles. The Balaban J connectivity index is 3.01. The zero-order valence-electron chi connectivity index (χ0n) is 11.2. The van der Waals surface area contributed by atoms with Crippen LogP contribution in [-0.4, -0.2) is 19.8 Å². The monoisotopic (exact) mass is 317 g/mol. The highest BCUT2D eigenvalue weighted by molar-refractivity contribution is 9.10. The molecule has 1 aromatic carbocycles. The molecule has 4 heteroatoms. The van der Waals surface area contributed by atoms with Gasteiger partial charge >= 0.3 is 0 Å². The van der Waals surface area contributed by atoms with Gasteiger partial charge in [0.1, 0.15) is 5.82 Å². The van der Waals surface area contributed by atoms with Crippen LogP contribution in [0.4, 0.5) is 4.39 Å². The Morgan fingerprint density at radius 2 is 2.11 bits per heavy atom. The molecule has 0 amide bonds. The van der Waals surface area contributed by atoms with Crippen molar-refractivity contribution >= 4 is 15.9 Å². The molecule has 2 unspecified atom stereocenters. The summed E-state index contributed by atoms with van der Waals surface area (Å²) in [4.78, 5) is 0. The third kappa shape index (κ3) is 4.04. The summed E-state index contributed by atoms with van der Waals surface area (Å²) in [7, 11) is 1.84.